The van der Waals surface area contributed by atoms with Crippen molar-refractivity contribution in [1.82, 2.24) is 9.97 Å². The number of methoxy groups -OCH3 is 2. The molecule has 1 aromatic heterocycles. The topological polar surface area (TPSA) is 109 Å². The van der Waals surface area contributed by atoms with Crippen molar-refractivity contribution in [3.63, 3.8) is 0 Å². The molecule has 1 fully saturated rings. The van der Waals surface area contributed by atoms with Gasteiger partial charge in [-0.25, -0.2) is 18.6 Å². The Morgan fingerprint density at radius 2 is 1.83 bits per heavy atom. The van der Waals surface area contributed by atoms with Crippen LogP contribution in [0.15, 0.2) is 12.3 Å². The number of halogens is 2. The molecule has 0 spiro atoms. The van der Waals surface area contributed by atoms with Gasteiger partial charge in [-0.3, -0.25) is 9.80 Å². The fourth-order valence-electron chi connectivity index (χ4n) is 4.44. The van der Waals surface area contributed by atoms with Crippen LogP contribution < -0.4 is 24.6 Å². The van der Waals surface area contributed by atoms with E-state index < -0.39 is 23.4 Å². The number of carbonyl (C=O) groups is 1. The second-order valence-corrected chi connectivity index (χ2v) is 8.24. The number of hydrogen-bond acceptors (Lipinski definition) is 8. The first kappa shape index (κ1) is 24.9. The lowest BCUT2D eigenvalue weighted by Gasteiger charge is -2.39. The molecule has 2 aliphatic rings. The van der Waals surface area contributed by atoms with E-state index in [0.717, 1.165) is 36.6 Å². The van der Waals surface area contributed by atoms with E-state index in [2.05, 4.69) is 15.3 Å². The van der Waals surface area contributed by atoms with E-state index in [9.17, 15) is 4.79 Å². The number of carbonyl (C=O) groups excluding carboxylic acids is 1. The Hall–Kier alpha value is -3.25. The Balaban J connectivity index is 1.71. The Kier molecular flexibility index (Phi) is 7.81. The summed E-state index contributed by atoms with van der Waals surface area (Å²) in [6.45, 7) is 0.791. The van der Waals surface area contributed by atoms with Gasteiger partial charge >= 0.3 is 6.03 Å². The maximum atomic E-state index is 15.3. The van der Waals surface area contributed by atoms with Crippen molar-refractivity contribution in [1.29, 1.82) is 0 Å². The third-order valence-corrected chi connectivity index (χ3v) is 6.11. The Labute approximate surface area is 201 Å². The molecule has 4 rings (SSSR count). The number of amides is 2. The number of aliphatic hydroxyl groups is 1. The van der Waals surface area contributed by atoms with Crippen molar-refractivity contribution in [2.24, 2.45) is 0 Å². The summed E-state index contributed by atoms with van der Waals surface area (Å²) in [6, 6.07) is 0.378. The minimum absolute atomic E-state index is 0.0648. The van der Waals surface area contributed by atoms with E-state index in [1.165, 1.54) is 19.1 Å². The average molecular weight is 494 g/mol. The van der Waals surface area contributed by atoms with Crippen molar-refractivity contribution in [3.8, 4) is 11.5 Å². The zero-order chi connectivity index (χ0) is 24.9. The number of benzene rings is 1. The second kappa shape index (κ2) is 11.0. The SMILES string of the molecule is COc1cc(OC)c(F)c(N2Cc3cnc(NCCOCCO)nc3N(C3CCCC3)C2=O)c1F. The van der Waals surface area contributed by atoms with Crippen LogP contribution in [0.1, 0.15) is 31.2 Å². The Bertz CT molecular complexity index is 1040. The summed E-state index contributed by atoms with van der Waals surface area (Å²) in [4.78, 5) is 25.2. The maximum Gasteiger partial charge on any atom is 0.330 e. The van der Waals surface area contributed by atoms with E-state index in [4.69, 9.17) is 19.3 Å². The first-order chi connectivity index (χ1) is 17.0. The molecule has 2 aromatic rings. The predicted octanol–water partition coefficient (Wildman–Crippen LogP) is 3.08. The predicted molar refractivity (Wildman–Crippen MR) is 124 cm³/mol. The number of aliphatic hydroxyl groups excluding tert-OH is 1. The van der Waals surface area contributed by atoms with Gasteiger partial charge in [0.15, 0.2) is 23.1 Å². The van der Waals surface area contributed by atoms with Crippen molar-refractivity contribution in [2.75, 3.05) is 55.7 Å². The largest absolute Gasteiger partial charge is 0.493 e. The van der Waals surface area contributed by atoms with E-state index >= 15 is 8.78 Å². The van der Waals surface area contributed by atoms with Crippen LogP contribution in [-0.4, -0.2) is 67.7 Å². The van der Waals surface area contributed by atoms with Gasteiger partial charge in [0.05, 0.1) is 40.6 Å². The van der Waals surface area contributed by atoms with Crippen LogP contribution in [-0.2, 0) is 11.3 Å². The van der Waals surface area contributed by atoms with Gasteiger partial charge in [0.25, 0.3) is 0 Å². The molecule has 10 nitrogen and oxygen atoms in total. The lowest BCUT2D eigenvalue weighted by atomic mass is 10.1. The van der Waals surface area contributed by atoms with Gasteiger partial charge in [0, 0.05) is 30.4 Å². The quantitative estimate of drug-likeness (QED) is 0.486. The molecule has 1 saturated carbocycles. The van der Waals surface area contributed by atoms with Crippen LogP contribution in [0, 0.1) is 11.6 Å². The highest BCUT2D eigenvalue weighted by molar-refractivity contribution is 6.06. The van der Waals surface area contributed by atoms with E-state index in [1.54, 1.807) is 6.20 Å². The van der Waals surface area contributed by atoms with Crippen molar-refractivity contribution < 1.29 is 32.9 Å². The summed E-state index contributed by atoms with van der Waals surface area (Å²) in [5, 5.41) is 11.8. The van der Waals surface area contributed by atoms with Gasteiger partial charge in [-0.15, -0.1) is 0 Å². The molecular formula is C23H29F2N5O5. The van der Waals surface area contributed by atoms with Gasteiger partial charge in [-0.1, -0.05) is 12.8 Å². The number of rotatable bonds is 10. The van der Waals surface area contributed by atoms with Gasteiger partial charge in [-0.05, 0) is 12.8 Å². The van der Waals surface area contributed by atoms with Crippen LogP contribution >= 0.6 is 0 Å². The normalized spacial score (nSPS) is 16.0. The van der Waals surface area contributed by atoms with Crippen LogP contribution in [0.4, 0.5) is 31.0 Å². The Morgan fingerprint density at radius 1 is 1.14 bits per heavy atom. The zero-order valence-corrected chi connectivity index (χ0v) is 19.7. The van der Waals surface area contributed by atoms with Gasteiger partial charge in [0.2, 0.25) is 5.95 Å². The molecule has 190 valence electrons. The summed E-state index contributed by atoms with van der Waals surface area (Å²) >= 11 is 0. The molecule has 2 amide bonds. The van der Waals surface area contributed by atoms with Gasteiger partial charge in [0.1, 0.15) is 11.5 Å². The van der Waals surface area contributed by atoms with Crippen LogP contribution in [0.5, 0.6) is 11.5 Å². The summed E-state index contributed by atoms with van der Waals surface area (Å²) < 4.78 is 45.9. The molecule has 1 aliphatic carbocycles. The molecule has 0 saturated heterocycles. The van der Waals surface area contributed by atoms with E-state index in [1.807, 2.05) is 0 Å². The number of anilines is 3. The summed E-state index contributed by atoms with van der Waals surface area (Å²) in [5.74, 6) is -1.72. The molecule has 35 heavy (non-hydrogen) atoms. The zero-order valence-electron chi connectivity index (χ0n) is 19.7. The molecule has 1 aliphatic heterocycles. The van der Waals surface area contributed by atoms with Crippen LogP contribution in [0.25, 0.3) is 0 Å². The monoisotopic (exact) mass is 493 g/mol. The minimum atomic E-state index is -0.990. The van der Waals surface area contributed by atoms with Crippen molar-refractivity contribution >= 4 is 23.5 Å². The minimum Gasteiger partial charge on any atom is -0.493 e. The maximum absolute atomic E-state index is 15.3. The number of fused-ring (bicyclic) bond motifs is 1. The fourth-order valence-corrected chi connectivity index (χ4v) is 4.44. The highest BCUT2D eigenvalue weighted by atomic mass is 19.1. The number of nitrogens with one attached hydrogen (secondary N) is 1. The number of aromatic nitrogens is 2. The third-order valence-electron chi connectivity index (χ3n) is 6.11. The smallest absolute Gasteiger partial charge is 0.330 e. The average Bonchev–Trinajstić information content (AvgIpc) is 3.39. The molecule has 2 N–H and O–H groups in total. The molecule has 0 radical (unpaired) electrons. The Morgan fingerprint density at radius 3 is 2.46 bits per heavy atom. The molecule has 1 aromatic carbocycles. The van der Waals surface area contributed by atoms with Crippen molar-refractivity contribution in [2.45, 2.75) is 38.3 Å². The summed E-state index contributed by atoms with van der Waals surface area (Å²) in [6.07, 6.45) is 4.95. The van der Waals surface area contributed by atoms with Gasteiger partial charge in [-0.2, -0.15) is 4.98 Å². The standard InChI is InChI=1S/C23H29F2N5O5/c1-33-16-11-17(34-2)19(25)20(18(16)24)29-13-14-12-27-22(26-7-9-35-10-8-31)28-21(14)30(23(29)32)15-5-3-4-6-15/h11-12,15,31H,3-10,13H2,1-2H3,(H,26,27,28). The highest BCUT2D eigenvalue weighted by Crippen LogP contribution is 2.42. The molecular weight excluding hydrogens is 464 g/mol. The molecule has 0 atom stereocenters. The summed E-state index contributed by atoms with van der Waals surface area (Å²) in [5.41, 5.74) is 0.0160. The van der Waals surface area contributed by atoms with Crippen LogP contribution in [0.3, 0.4) is 0 Å². The number of urea groups is 1. The summed E-state index contributed by atoms with van der Waals surface area (Å²) in [7, 11) is 2.52. The lowest BCUT2D eigenvalue weighted by Crippen LogP contribution is -2.52. The van der Waals surface area contributed by atoms with Gasteiger partial charge < -0.3 is 24.6 Å². The van der Waals surface area contributed by atoms with E-state index in [-0.39, 0.29) is 37.3 Å². The molecule has 0 bridgehead atoms. The van der Waals surface area contributed by atoms with Crippen LogP contribution in [0.2, 0.25) is 0 Å². The molecule has 2 heterocycles. The lowest BCUT2D eigenvalue weighted by molar-refractivity contribution is 0.0991. The number of nitrogens with zero attached hydrogens (tertiary/aromatic N) is 4. The fraction of sp³-hybridized carbons (Fsp3) is 0.522. The molecule has 12 heteroatoms. The van der Waals surface area contributed by atoms with Crippen molar-refractivity contribution in [3.05, 3.63) is 29.5 Å². The third kappa shape index (κ3) is 4.94. The molecule has 0 unspecified atom stereocenters. The second-order valence-electron chi connectivity index (χ2n) is 8.24. The highest BCUT2D eigenvalue weighted by Gasteiger charge is 2.41. The first-order valence-electron chi connectivity index (χ1n) is 11.5. The number of hydrogen-bond donors (Lipinski definition) is 2. The first-order valence-corrected chi connectivity index (χ1v) is 11.5. The number of ether oxygens (including phenoxy) is 3. The van der Waals surface area contributed by atoms with E-state index in [0.29, 0.717) is 30.5 Å².